The fourth-order valence-corrected chi connectivity index (χ4v) is 2.12. The van der Waals surface area contributed by atoms with Gasteiger partial charge < -0.3 is 15.2 Å². The average Bonchev–Trinajstić information content (AvgIpc) is 2.94. The van der Waals surface area contributed by atoms with Gasteiger partial charge in [0.15, 0.2) is 5.82 Å². The highest BCUT2D eigenvalue weighted by molar-refractivity contribution is 5.53. The number of likely N-dealkylation sites (N-methyl/N-ethyl adjacent to an activating group) is 1. The van der Waals surface area contributed by atoms with Crippen LogP contribution in [0.25, 0.3) is 11.5 Å². The fourth-order valence-electron chi connectivity index (χ4n) is 2.12. The van der Waals surface area contributed by atoms with Crippen molar-refractivity contribution in [3.8, 4) is 11.5 Å². The summed E-state index contributed by atoms with van der Waals surface area (Å²) in [6.45, 7) is 8.93. The van der Waals surface area contributed by atoms with E-state index in [1.54, 1.807) is 0 Å². The molecule has 1 aromatic heterocycles. The lowest BCUT2D eigenvalue weighted by Crippen LogP contribution is -2.32. The summed E-state index contributed by atoms with van der Waals surface area (Å²) in [5.41, 5.74) is 8.23. The minimum atomic E-state index is -0.225. The van der Waals surface area contributed by atoms with Crippen molar-refractivity contribution in [2.45, 2.75) is 26.8 Å². The summed E-state index contributed by atoms with van der Waals surface area (Å²) in [6, 6.07) is 7.77. The Hall–Kier alpha value is -1.72. The largest absolute Gasteiger partial charge is 0.334 e. The molecule has 0 aliphatic rings. The van der Waals surface area contributed by atoms with Crippen molar-refractivity contribution in [1.29, 1.82) is 0 Å². The zero-order valence-corrected chi connectivity index (χ0v) is 12.3. The van der Waals surface area contributed by atoms with E-state index in [0.717, 1.165) is 30.8 Å². The number of benzene rings is 1. The van der Waals surface area contributed by atoms with Crippen LogP contribution in [0.5, 0.6) is 0 Å². The molecule has 2 N–H and O–H groups in total. The summed E-state index contributed by atoms with van der Waals surface area (Å²) in [5.74, 6) is 1.09. The number of aryl methyl sites for hydroxylation is 1. The van der Waals surface area contributed by atoms with Gasteiger partial charge >= 0.3 is 0 Å². The van der Waals surface area contributed by atoms with E-state index in [9.17, 15) is 0 Å². The standard InChI is InChI=1S/C15H22N4O/c1-4-19(5-2)10-13(16)14-17-15(20-18-14)12-8-6-7-11(3)9-12/h6-9,13H,4-5,10,16H2,1-3H3. The normalized spacial score (nSPS) is 12.8. The Kier molecular flexibility index (Phi) is 4.87. The Bertz CT molecular complexity index is 548. The lowest BCUT2D eigenvalue weighted by Gasteiger charge is -2.20. The number of nitrogens with zero attached hydrogens (tertiary/aromatic N) is 3. The molecule has 2 aromatic rings. The minimum absolute atomic E-state index is 0.225. The number of hydrogen-bond donors (Lipinski definition) is 1. The summed E-state index contributed by atoms with van der Waals surface area (Å²) in [6.07, 6.45) is 0. The van der Waals surface area contributed by atoms with E-state index < -0.39 is 0 Å². The van der Waals surface area contributed by atoms with E-state index in [-0.39, 0.29) is 6.04 Å². The second-order valence-corrected chi connectivity index (χ2v) is 4.92. The van der Waals surface area contributed by atoms with Gasteiger partial charge in [-0.1, -0.05) is 36.7 Å². The predicted molar refractivity (Wildman–Crippen MR) is 79.2 cm³/mol. The molecule has 0 amide bonds. The van der Waals surface area contributed by atoms with E-state index in [1.165, 1.54) is 0 Å². The Morgan fingerprint density at radius 2 is 2.05 bits per heavy atom. The number of rotatable bonds is 6. The first kappa shape index (κ1) is 14.7. The molecule has 1 unspecified atom stereocenters. The number of hydrogen-bond acceptors (Lipinski definition) is 5. The van der Waals surface area contributed by atoms with Crippen LogP contribution in [-0.2, 0) is 0 Å². The van der Waals surface area contributed by atoms with Crippen molar-refractivity contribution in [3.63, 3.8) is 0 Å². The molecule has 1 heterocycles. The third-order valence-electron chi connectivity index (χ3n) is 3.39. The van der Waals surface area contributed by atoms with E-state index in [1.807, 2.05) is 31.2 Å². The Balaban J connectivity index is 2.12. The Morgan fingerprint density at radius 1 is 1.30 bits per heavy atom. The van der Waals surface area contributed by atoms with Crippen molar-refractivity contribution in [1.82, 2.24) is 15.0 Å². The third kappa shape index (κ3) is 3.43. The van der Waals surface area contributed by atoms with Crippen molar-refractivity contribution >= 4 is 0 Å². The maximum absolute atomic E-state index is 6.14. The summed E-state index contributed by atoms with van der Waals surface area (Å²) in [7, 11) is 0. The van der Waals surface area contributed by atoms with Crippen LogP contribution < -0.4 is 5.73 Å². The maximum Gasteiger partial charge on any atom is 0.257 e. The molecule has 0 saturated heterocycles. The van der Waals surface area contributed by atoms with Gasteiger partial charge in [0.25, 0.3) is 5.89 Å². The summed E-state index contributed by atoms with van der Waals surface area (Å²) < 4.78 is 5.32. The molecule has 0 saturated carbocycles. The molecule has 0 bridgehead atoms. The van der Waals surface area contributed by atoms with Gasteiger partial charge in [-0.25, -0.2) is 0 Å². The molecule has 1 aromatic carbocycles. The molecule has 0 radical (unpaired) electrons. The second kappa shape index (κ2) is 6.63. The van der Waals surface area contributed by atoms with Crippen molar-refractivity contribution < 1.29 is 4.52 Å². The quantitative estimate of drug-likeness (QED) is 0.876. The highest BCUT2D eigenvalue weighted by Crippen LogP contribution is 2.20. The van der Waals surface area contributed by atoms with Crippen LogP contribution in [0.2, 0.25) is 0 Å². The predicted octanol–water partition coefficient (Wildman–Crippen LogP) is 2.39. The molecule has 108 valence electrons. The van der Waals surface area contributed by atoms with Crippen LogP contribution in [-0.4, -0.2) is 34.7 Å². The number of aromatic nitrogens is 2. The van der Waals surface area contributed by atoms with Crippen molar-refractivity contribution in [2.24, 2.45) is 5.73 Å². The van der Waals surface area contributed by atoms with Gasteiger partial charge in [0.2, 0.25) is 0 Å². The Morgan fingerprint density at radius 3 is 2.70 bits per heavy atom. The molecule has 2 rings (SSSR count). The molecular weight excluding hydrogens is 252 g/mol. The monoisotopic (exact) mass is 274 g/mol. The first-order valence-electron chi connectivity index (χ1n) is 7.02. The molecule has 20 heavy (non-hydrogen) atoms. The molecule has 0 fully saturated rings. The molecule has 1 atom stereocenters. The lowest BCUT2D eigenvalue weighted by molar-refractivity contribution is 0.278. The molecule has 5 heteroatoms. The first-order chi connectivity index (χ1) is 9.63. The molecule has 0 aliphatic heterocycles. The van der Waals surface area contributed by atoms with Crippen molar-refractivity contribution in [2.75, 3.05) is 19.6 Å². The van der Waals surface area contributed by atoms with E-state index >= 15 is 0 Å². The van der Waals surface area contributed by atoms with Gasteiger partial charge in [-0.2, -0.15) is 4.98 Å². The SMILES string of the molecule is CCN(CC)CC(N)c1noc(-c2cccc(C)c2)n1. The maximum atomic E-state index is 6.14. The van der Waals surface area contributed by atoms with Crippen LogP contribution in [0.3, 0.4) is 0 Å². The molecule has 5 nitrogen and oxygen atoms in total. The van der Waals surface area contributed by atoms with Crippen LogP contribution in [0.1, 0.15) is 31.3 Å². The first-order valence-corrected chi connectivity index (χ1v) is 7.02. The van der Waals surface area contributed by atoms with Gasteiger partial charge in [-0.15, -0.1) is 0 Å². The van der Waals surface area contributed by atoms with Crippen molar-refractivity contribution in [3.05, 3.63) is 35.7 Å². The van der Waals surface area contributed by atoms with Gasteiger partial charge in [0.1, 0.15) is 0 Å². The highest BCUT2D eigenvalue weighted by Gasteiger charge is 2.17. The average molecular weight is 274 g/mol. The second-order valence-electron chi connectivity index (χ2n) is 4.92. The number of nitrogens with two attached hydrogens (primary N) is 1. The van der Waals surface area contributed by atoms with Crippen LogP contribution in [0, 0.1) is 6.92 Å². The summed E-state index contributed by atoms with van der Waals surface area (Å²) in [4.78, 5) is 6.66. The highest BCUT2D eigenvalue weighted by atomic mass is 16.5. The van der Waals surface area contributed by atoms with Crippen LogP contribution in [0.15, 0.2) is 28.8 Å². The molecule has 0 spiro atoms. The van der Waals surface area contributed by atoms with Gasteiger partial charge in [-0.05, 0) is 32.1 Å². The zero-order valence-electron chi connectivity index (χ0n) is 12.3. The van der Waals surface area contributed by atoms with Gasteiger partial charge in [-0.3, -0.25) is 0 Å². The van der Waals surface area contributed by atoms with E-state index in [4.69, 9.17) is 10.3 Å². The third-order valence-corrected chi connectivity index (χ3v) is 3.39. The van der Waals surface area contributed by atoms with Gasteiger partial charge in [0, 0.05) is 12.1 Å². The minimum Gasteiger partial charge on any atom is -0.334 e. The summed E-state index contributed by atoms with van der Waals surface area (Å²) >= 11 is 0. The van der Waals surface area contributed by atoms with Gasteiger partial charge in [0.05, 0.1) is 6.04 Å². The molecule has 0 aliphatic carbocycles. The van der Waals surface area contributed by atoms with E-state index in [0.29, 0.717) is 11.7 Å². The Labute approximate surface area is 119 Å². The summed E-state index contributed by atoms with van der Waals surface area (Å²) in [5, 5.41) is 4.01. The topological polar surface area (TPSA) is 68.2 Å². The van der Waals surface area contributed by atoms with Crippen LogP contribution >= 0.6 is 0 Å². The van der Waals surface area contributed by atoms with Crippen LogP contribution in [0.4, 0.5) is 0 Å². The fraction of sp³-hybridized carbons (Fsp3) is 0.467. The van der Waals surface area contributed by atoms with E-state index in [2.05, 4.69) is 28.9 Å². The lowest BCUT2D eigenvalue weighted by atomic mass is 10.1. The zero-order chi connectivity index (χ0) is 14.5. The smallest absolute Gasteiger partial charge is 0.257 e. The molecular formula is C15H22N4O.